The van der Waals surface area contributed by atoms with Gasteiger partial charge in [0.15, 0.2) is 0 Å². The van der Waals surface area contributed by atoms with Crippen LogP contribution in [0, 0.1) is 12.8 Å². The Kier molecular flexibility index (Phi) is 6.85. The lowest BCUT2D eigenvalue weighted by Crippen LogP contribution is -2.29. The van der Waals surface area contributed by atoms with Crippen molar-refractivity contribution in [1.82, 2.24) is 10.3 Å². The molecule has 0 aliphatic carbocycles. The van der Waals surface area contributed by atoms with E-state index < -0.39 is 0 Å². The van der Waals surface area contributed by atoms with Crippen LogP contribution in [0.3, 0.4) is 0 Å². The quantitative estimate of drug-likeness (QED) is 0.779. The molecule has 1 aromatic rings. The van der Waals surface area contributed by atoms with Gasteiger partial charge in [-0.2, -0.15) is 0 Å². The maximum absolute atomic E-state index is 4.70. The van der Waals surface area contributed by atoms with Gasteiger partial charge in [-0.05, 0) is 44.0 Å². The molecule has 0 aliphatic heterocycles. The Hall–Kier alpha value is -1.09. The minimum Gasteiger partial charge on any atom is -0.357 e. The molecule has 1 N–H and O–H groups in total. The van der Waals surface area contributed by atoms with Crippen molar-refractivity contribution in [1.29, 1.82) is 0 Å². The van der Waals surface area contributed by atoms with Crippen molar-refractivity contribution in [2.45, 2.75) is 47.6 Å². The molecule has 0 aliphatic rings. The predicted molar refractivity (Wildman–Crippen MR) is 83.7 cm³/mol. The van der Waals surface area contributed by atoms with E-state index in [0.717, 1.165) is 37.7 Å². The number of nitrogens with one attached hydrogen (secondary N) is 1. The first kappa shape index (κ1) is 16.0. The standard InChI is InChI=1S/C16H29N3/c1-6-13(4)12-19(8-3)16-10-15(11-17-7-2)9-14(5)18-16/h9-10,13,17H,6-8,11-12H2,1-5H3. The molecule has 0 saturated heterocycles. The Labute approximate surface area is 118 Å². The van der Waals surface area contributed by atoms with E-state index in [1.54, 1.807) is 0 Å². The highest BCUT2D eigenvalue weighted by Gasteiger charge is 2.11. The fraction of sp³-hybridized carbons (Fsp3) is 0.688. The summed E-state index contributed by atoms with van der Waals surface area (Å²) in [4.78, 5) is 7.08. The van der Waals surface area contributed by atoms with Gasteiger partial charge in [0.05, 0.1) is 0 Å². The number of pyridine rings is 1. The molecule has 1 aromatic heterocycles. The zero-order valence-corrected chi connectivity index (χ0v) is 13.2. The average Bonchev–Trinajstić information content (AvgIpc) is 2.41. The largest absolute Gasteiger partial charge is 0.357 e. The SMILES string of the molecule is CCNCc1cc(C)nc(N(CC)CC(C)CC)c1. The van der Waals surface area contributed by atoms with E-state index in [4.69, 9.17) is 4.98 Å². The Morgan fingerprint density at radius 3 is 2.58 bits per heavy atom. The summed E-state index contributed by atoms with van der Waals surface area (Å²) >= 11 is 0. The van der Waals surface area contributed by atoms with Gasteiger partial charge >= 0.3 is 0 Å². The van der Waals surface area contributed by atoms with Crippen LogP contribution in [0.15, 0.2) is 12.1 Å². The Balaban J connectivity index is 2.86. The highest BCUT2D eigenvalue weighted by atomic mass is 15.2. The topological polar surface area (TPSA) is 28.2 Å². The van der Waals surface area contributed by atoms with Crippen LogP contribution in [0.25, 0.3) is 0 Å². The summed E-state index contributed by atoms with van der Waals surface area (Å²) in [6, 6.07) is 4.39. The Morgan fingerprint density at radius 2 is 2.00 bits per heavy atom. The van der Waals surface area contributed by atoms with E-state index in [2.05, 4.69) is 57.0 Å². The van der Waals surface area contributed by atoms with E-state index in [1.165, 1.54) is 12.0 Å². The summed E-state index contributed by atoms with van der Waals surface area (Å²) < 4.78 is 0. The molecule has 3 heteroatoms. The molecule has 0 saturated carbocycles. The zero-order valence-electron chi connectivity index (χ0n) is 13.2. The summed E-state index contributed by atoms with van der Waals surface area (Å²) in [5, 5.41) is 3.38. The highest BCUT2D eigenvalue weighted by Crippen LogP contribution is 2.17. The molecule has 0 bridgehead atoms. The molecule has 19 heavy (non-hydrogen) atoms. The fourth-order valence-corrected chi connectivity index (χ4v) is 2.14. The molecule has 0 aromatic carbocycles. The van der Waals surface area contributed by atoms with Crippen LogP contribution < -0.4 is 10.2 Å². The number of rotatable bonds is 8. The van der Waals surface area contributed by atoms with E-state index in [0.29, 0.717) is 5.92 Å². The molecule has 1 heterocycles. The predicted octanol–water partition coefficient (Wildman–Crippen LogP) is 3.37. The zero-order chi connectivity index (χ0) is 14.3. The lowest BCUT2D eigenvalue weighted by atomic mass is 10.1. The molecule has 1 unspecified atom stereocenters. The smallest absolute Gasteiger partial charge is 0.129 e. The fourth-order valence-electron chi connectivity index (χ4n) is 2.14. The Morgan fingerprint density at radius 1 is 1.26 bits per heavy atom. The van der Waals surface area contributed by atoms with E-state index in [-0.39, 0.29) is 0 Å². The number of hydrogen-bond donors (Lipinski definition) is 1. The van der Waals surface area contributed by atoms with Crippen LogP contribution >= 0.6 is 0 Å². The third-order valence-electron chi connectivity index (χ3n) is 3.51. The van der Waals surface area contributed by atoms with E-state index in [9.17, 15) is 0 Å². The van der Waals surface area contributed by atoms with Crippen molar-refractivity contribution < 1.29 is 0 Å². The van der Waals surface area contributed by atoms with Crippen LogP contribution in [-0.2, 0) is 6.54 Å². The third kappa shape index (κ3) is 5.19. The summed E-state index contributed by atoms with van der Waals surface area (Å²) in [6.07, 6.45) is 1.21. The molecule has 0 fully saturated rings. The molecule has 0 radical (unpaired) electrons. The normalized spacial score (nSPS) is 12.5. The van der Waals surface area contributed by atoms with Crippen molar-refractivity contribution in [3.63, 3.8) is 0 Å². The molecule has 1 rings (SSSR count). The molecule has 0 spiro atoms. The molecular formula is C16H29N3. The average molecular weight is 263 g/mol. The van der Waals surface area contributed by atoms with Gasteiger partial charge in [-0.25, -0.2) is 4.98 Å². The van der Waals surface area contributed by atoms with E-state index >= 15 is 0 Å². The molecule has 108 valence electrons. The van der Waals surface area contributed by atoms with Gasteiger partial charge in [0.25, 0.3) is 0 Å². The minimum absolute atomic E-state index is 0.708. The van der Waals surface area contributed by atoms with Crippen molar-refractivity contribution in [2.24, 2.45) is 5.92 Å². The van der Waals surface area contributed by atoms with Crippen LogP contribution in [-0.4, -0.2) is 24.6 Å². The summed E-state index contributed by atoms with van der Waals surface area (Å²) in [5.74, 6) is 1.83. The third-order valence-corrected chi connectivity index (χ3v) is 3.51. The number of hydrogen-bond acceptors (Lipinski definition) is 3. The molecule has 0 amide bonds. The summed E-state index contributed by atoms with van der Waals surface area (Å²) in [6.45, 7) is 15.0. The number of nitrogens with zero attached hydrogens (tertiary/aromatic N) is 2. The number of aromatic nitrogens is 1. The summed E-state index contributed by atoms with van der Waals surface area (Å²) in [7, 11) is 0. The second-order valence-electron chi connectivity index (χ2n) is 5.31. The van der Waals surface area contributed by atoms with Crippen LogP contribution in [0.5, 0.6) is 0 Å². The van der Waals surface area contributed by atoms with Crippen LogP contribution in [0.2, 0.25) is 0 Å². The van der Waals surface area contributed by atoms with Gasteiger partial charge in [-0.3, -0.25) is 0 Å². The summed E-state index contributed by atoms with van der Waals surface area (Å²) in [5.41, 5.74) is 2.43. The second-order valence-corrected chi connectivity index (χ2v) is 5.31. The van der Waals surface area contributed by atoms with Crippen molar-refractivity contribution >= 4 is 5.82 Å². The van der Waals surface area contributed by atoms with Crippen molar-refractivity contribution in [2.75, 3.05) is 24.5 Å². The first-order valence-corrected chi connectivity index (χ1v) is 7.53. The van der Waals surface area contributed by atoms with Gasteiger partial charge in [-0.1, -0.05) is 27.2 Å². The van der Waals surface area contributed by atoms with Crippen molar-refractivity contribution in [3.8, 4) is 0 Å². The molecule has 3 nitrogen and oxygen atoms in total. The number of anilines is 1. The first-order chi connectivity index (χ1) is 9.10. The van der Waals surface area contributed by atoms with Gasteiger partial charge in [0.1, 0.15) is 5.82 Å². The van der Waals surface area contributed by atoms with Gasteiger partial charge in [0.2, 0.25) is 0 Å². The van der Waals surface area contributed by atoms with Gasteiger partial charge < -0.3 is 10.2 Å². The highest BCUT2D eigenvalue weighted by molar-refractivity contribution is 5.42. The lowest BCUT2D eigenvalue weighted by Gasteiger charge is -2.26. The minimum atomic E-state index is 0.708. The lowest BCUT2D eigenvalue weighted by molar-refractivity contribution is 0.545. The molecule has 1 atom stereocenters. The monoisotopic (exact) mass is 263 g/mol. The van der Waals surface area contributed by atoms with Crippen LogP contribution in [0.4, 0.5) is 5.82 Å². The van der Waals surface area contributed by atoms with Gasteiger partial charge in [0, 0.05) is 25.3 Å². The van der Waals surface area contributed by atoms with Crippen LogP contribution in [0.1, 0.15) is 45.4 Å². The molecular weight excluding hydrogens is 234 g/mol. The maximum Gasteiger partial charge on any atom is 0.129 e. The van der Waals surface area contributed by atoms with Gasteiger partial charge in [-0.15, -0.1) is 0 Å². The maximum atomic E-state index is 4.70. The van der Waals surface area contributed by atoms with Crippen molar-refractivity contribution in [3.05, 3.63) is 23.4 Å². The first-order valence-electron chi connectivity index (χ1n) is 7.53. The Bertz CT molecular complexity index is 376. The second kappa shape index (κ2) is 8.16. The number of aryl methyl sites for hydroxylation is 1. The van der Waals surface area contributed by atoms with E-state index in [1.807, 2.05) is 0 Å².